The van der Waals surface area contributed by atoms with Gasteiger partial charge >= 0.3 is 0 Å². The van der Waals surface area contributed by atoms with Crippen LogP contribution in [0.4, 0.5) is 0 Å². The normalized spacial score (nSPS) is 36.6. The second-order valence-corrected chi connectivity index (χ2v) is 5.87. The van der Waals surface area contributed by atoms with E-state index in [4.69, 9.17) is 4.74 Å². The number of hydrogen-bond donors (Lipinski definition) is 1. The Labute approximate surface area is 109 Å². The fourth-order valence-corrected chi connectivity index (χ4v) is 2.98. The molecular formula is C13H24N2O3. The van der Waals surface area contributed by atoms with Crippen LogP contribution in [0.15, 0.2) is 0 Å². The van der Waals surface area contributed by atoms with Crippen molar-refractivity contribution in [2.24, 2.45) is 5.92 Å². The highest BCUT2D eigenvalue weighted by molar-refractivity contribution is 5.80. The molecule has 4 atom stereocenters. The molecule has 4 unspecified atom stereocenters. The van der Waals surface area contributed by atoms with Crippen LogP contribution >= 0.6 is 0 Å². The Kier molecular flexibility index (Phi) is 4.25. The Hall–Kier alpha value is -0.650. The van der Waals surface area contributed by atoms with E-state index in [0.717, 1.165) is 13.0 Å². The van der Waals surface area contributed by atoms with Crippen molar-refractivity contribution in [3.8, 4) is 0 Å². The lowest BCUT2D eigenvalue weighted by Crippen LogP contribution is -2.44. The van der Waals surface area contributed by atoms with E-state index in [-0.39, 0.29) is 30.1 Å². The van der Waals surface area contributed by atoms with Crippen LogP contribution in [0.25, 0.3) is 0 Å². The lowest BCUT2D eigenvalue weighted by molar-refractivity contribution is -0.136. The summed E-state index contributed by atoms with van der Waals surface area (Å²) in [5.74, 6) is 0.137. The highest BCUT2D eigenvalue weighted by Gasteiger charge is 2.39. The van der Waals surface area contributed by atoms with E-state index in [9.17, 15) is 9.90 Å². The molecule has 2 aliphatic rings. The first kappa shape index (κ1) is 13.8. The van der Waals surface area contributed by atoms with Crippen molar-refractivity contribution in [1.29, 1.82) is 0 Å². The molecule has 2 aliphatic heterocycles. The maximum absolute atomic E-state index is 12.4. The molecular weight excluding hydrogens is 232 g/mol. The van der Waals surface area contributed by atoms with Gasteiger partial charge in [-0.25, -0.2) is 0 Å². The molecule has 18 heavy (non-hydrogen) atoms. The number of likely N-dealkylation sites (tertiary alicyclic amines) is 1. The summed E-state index contributed by atoms with van der Waals surface area (Å²) >= 11 is 0. The van der Waals surface area contributed by atoms with Crippen molar-refractivity contribution in [3.63, 3.8) is 0 Å². The van der Waals surface area contributed by atoms with E-state index in [1.807, 2.05) is 25.9 Å². The van der Waals surface area contributed by atoms with Gasteiger partial charge in [-0.2, -0.15) is 0 Å². The van der Waals surface area contributed by atoms with Gasteiger partial charge in [0, 0.05) is 19.1 Å². The molecule has 1 amide bonds. The van der Waals surface area contributed by atoms with Crippen molar-refractivity contribution in [2.75, 3.05) is 33.8 Å². The highest BCUT2D eigenvalue weighted by atomic mass is 16.5. The van der Waals surface area contributed by atoms with Crippen molar-refractivity contribution in [3.05, 3.63) is 0 Å². The van der Waals surface area contributed by atoms with E-state index in [0.29, 0.717) is 19.6 Å². The molecule has 1 N–H and O–H groups in total. The Morgan fingerprint density at radius 3 is 2.72 bits per heavy atom. The van der Waals surface area contributed by atoms with Crippen molar-refractivity contribution >= 4 is 5.91 Å². The number of ether oxygens (including phenoxy) is 1. The number of carbonyl (C=O) groups is 1. The van der Waals surface area contributed by atoms with Crippen LogP contribution in [-0.2, 0) is 9.53 Å². The van der Waals surface area contributed by atoms with E-state index < -0.39 is 0 Å². The molecule has 0 spiro atoms. The number of hydrogen-bond acceptors (Lipinski definition) is 4. The second kappa shape index (κ2) is 5.55. The van der Waals surface area contributed by atoms with Crippen LogP contribution in [0.2, 0.25) is 0 Å². The highest BCUT2D eigenvalue weighted by Crippen LogP contribution is 2.26. The third-order valence-corrected chi connectivity index (χ3v) is 3.80. The fourth-order valence-electron chi connectivity index (χ4n) is 2.98. The second-order valence-electron chi connectivity index (χ2n) is 5.87. The summed E-state index contributed by atoms with van der Waals surface area (Å²) < 4.78 is 5.47. The third-order valence-electron chi connectivity index (χ3n) is 3.80. The molecule has 5 nitrogen and oxygen atoms in total. The number of carbonyl (C=O) groups excluding carboxylic acids is 1. The molecule has 2 rings (SSSR count). The molecule has 0 bridgehead atoms. The molecule has 2 saturated heterocycles. The molecule has 5 heteroatoms. The SMILES string of the molecule is CC1CC(C(=O)N2CC(O)CC2CN(C)C)CO1. The summed E-state index contributed by atoms with van der Waals surface area (Å²) in [4.78, 5) is 16.4. The van der Waals surface area contributed by atoms with Crippen LogP contribution in [0.5, 0.6) is 0 Å². The topological polar surface area (TPSA) is 53.0 Å². The Bertz CT molecular complexity index is 309. The minimum absolute atomic E-state index is 0.0186. The van der Waals surface area contributed by atoms with Gasteiger partial charge in [0.2, 0.25) is 5.91 Å². The summed E-state index contributed by atoms with van der Waals surface area (Å²) in [6.07, 6.45) is 1.30. The molecule has 0 aromatic rings. The molecule has 0 aromatic heterocycles. The molecule has 2 fully saturated rings. The summed E-state index contributed by atoms with van der Waals surface area (Å²) in [7, 11) is 3.99. The number of aliphatic hydroxyl groups excluding tert-OH is 1. The molecule has 0 aliphatic carbocycles. The van der Waals surface area contributed by atoms with Crippen molar-refractivity contribution in [1.82, 2.24) is 9.80 Å². The molecule has 0 saturated carbocycles. The van der Waals surface area contributed by atoms with Gasteiger partial charge in [0.05, 0.1) is 24.7 Å². The minimum atomic E-state index is -0.376. The monoisotopic (exact) mass is 256 g/mol. The zero-order valence-electron chi connectivity index (χ0n) is 11.5. The zero-order chi connectivity index (χ0) is 13.3. The number of aliphatic hydroxyl groups is 1. The summed E-state index contributed by atoms with van der Waals surface area (Å²) in [5, 5.41) is 9.78. The van der Waals surface area contributed by atoms with E-state index in [2.05, 4.69) is 4.90 Å². The van der Waals surface area contributed by atoms with Gasteiger partial charge in [-0.3, -0.25) is 4.79 Å². The van der Waals surface area contributed by atoms with Crippen LogP contribution in [0, 0.1) is 5.92 Å². The van der Waals surface area contributed by atoms with Gasteiger partial charge in [-0.15, -0.1) is 0 Å². The van der Waals surface area contributed by atoms with E-state index in [1.54, 1.807) is 0 Å². The Morgan fingerprint density at radius 1 is 1.44 bits per heavy atom. The molecule has 0 aromatic carbocycles. The van der Waals surface area contributed by atoms with Crippen LogP contribution in [-0.4, -0.2) is 72.9 Å². The largest absolute Gasteiger partial charge is 0.391 e. The first-order valence-corrected chi connectivity index (χ1v) is 6.72. The van der Waals surface area contributed by atoms with E-state index in [1.165, 1.54) is 0 Å². The van der Waals surface area contributed by atoms with Gasteiger partial charge in [0.25, 0.3) is 0 Å². The first-order valence-electron chi connectivity index (χ1n) is 6.72. The molecule has 0 radical (unpaired) electrons. The lowest BCUT2D eigenvalue weighted by atomic mass is 10.0. The maximum Gasteiger partial charge on any atom is 0.228 e. The van der Waals surface area contributed by atoms with Crippen LogP contribution in [0.1, 0.15) is 19.8 Å². The van der Waals surface area contributed by atoms with E-state index >= 15 is 0 Å². The number of nitrogens with zero attached hydrogens (tertiary/aromatic N) is 2. The minimum Gasteiger partial charge on any atom is -0.391 e. The zero-order valence-corrected chi connectivity index (χ0v) is 11.5. The maximum atomic E-state index is 12.4. The third kappa shape index (κ3) is 3.02. The predicted octanol–water partition coefficient (Wildman–Crippen LogP) is -0.0652. The fraction of sp³-hybridized carbons (Fsp3) is 0.923. The standard InChI is InChI=1S/C13H24N2O3/c1-9-4-10(8-18-9)13(17)15-7-12(16)5-11(15)6-14(2)3/h9-12,16H,4-8H2,1-3H3. The first-order chi connectivity index (χ1) is 8.47. The van der Waals surface area contributed by atoms with Gasteiger partial charge in [0.1, 0.15) is 0 Å². The lowest BCUT2D eigenvalue weighted by Gasteiger charge is -2.28. The van der Waals surface area contributed by atoms with Gasteiger partial charge < -0.3 is 19.6 Å². The Balaban J connectivity index is 1.98. The molecule has 2 heterocycles. The van der Waals surface area contributed by atoms with Gasteiger partial charge in [-0.05, 0) is 33.9 Å². The summed E-state index contributed by atoms with van der Waals surface area (Å²) in [5.41, 5.74) is 0. The predicted molar refractivity (Wildman–Crippen MR) is 68.2 cm³/mol. The average Bonchev–Trinajstić information content (AvgIpc) is 2.83. The quantitative estimate of drug-likeness (QED) is 0.768. The Morgan fingerprint density at radius 2 is 2.17 bits per heavy atom. The summed E-state index contributed by atoms with van der Waals surface area (Å²) in [6, 6.07) is 0.137. The summed E-state index contributed by atoms with van der Waals surface area (Å²) in [6.45, 7) is 3.82. The number of likely N-dealkylation sites (N-methyl/N-ethyl adjacent to an activating group) is 1. The average molecular weight is 256 g/mol. The van der Waals surface area contributed by atoms with Crippen LogP contribution in [0.3, 0.4) is 0 Å². The number of β-amino-alcohol motifs (C(OH)–C–C–N with tert-alkyl or cyclic N) is 1. The molecule has 104 valence electrons. The number of rotatable bonds is 3. The van der Waals surface area contributed by atoms with Crippen molar-refractivity contribution < 1.29 is 14.6 Å². The number of amides is 1. The van der Waals surface area contributed by atoms with Crippen molar-refractivity contribution in [2.45, 2.75) is 38.0 Å². The van der Waals surface area contributed by atoms with Gasteiger partial charge in [0.15, 0.2) is 0 Å². The van der Waals surface area contributed by atoms with Gasteiger partial charge in [-0.1, -0.05) is 0 Å². The smallest absolute Gasteiger partial charge is 0.228 e. The van der Waals surface area contributed by atoms with Crippen LogP contribution < -0.4 is 0 Å².